The molecule has 1 heterocycles. The lowest BCUT2D eigenvalue weighted by atomic mass is 10.2. The van der Waals surface area contributed by atoms with E-state index in [1.807, 2.05) is 30.3 Å². The molecule has 1 fully saturated rings. The van der Waals surface area contributed by atoms with Crippen molar-refractivity contribution in [3.63, 3.8) is 0 Å². The Bertz CT molecular complexity index is 443. The fourth-order valence-electron chi connectivity index (χ4n) is 2.05. The van der Waals surface area contributed by atoms with Gasteiger partial charge in [0.25, 0.3) is 0 Å². The predicted octanol–water partition coefficient (Wildman–Crippen LogP) is 3.53. The highest BCUT2D eigenvalue weighted by molar-refractivity contribution is 7.54. The van der Waals surface area contributed by atoms with Crippen molar-refractivity contribution in [3.8, 4) is 0 Å². The van der Waals surface area contributed by atoms with Gasteiger partial charge in [0.2, 0.25) is 0 Å². The van der Waals surface area contributed by atoms with E-state index in [2.05, 4.69) is 12.2 Å². The Labute approximate surface area is 119 Å². The van der Waals surface area contributed by atoms with Crippen molar-refractivity contribution in [2.24, 2.45) is 0 Å². The van der Waals surface area contributed by atoms with Gasteiger partial charge in [-0.15, -0.1) is 11.6 Å². The summed E-state index contributed by atoms with van der Waals surface area (Å²) >= 11 is 5.61. The number of alkyl halides is 1. The summed E-state index contributed by atoms with van der Waals surface area (Å²) in [6.45, 7) is 2.69. The van der Waals surface area contributed by atoms with E-state index in [9.17, 15) is 4.57 Å². The average molecular weight is 304 g/mol. The van der Waals surface area contributed by atoms with Crippen molar-refractivity contribution >= 4 is 19.2 Å². The summed E-state index contributed by atoms with van der Waals surface area (Å²) < 4.78 is 23.8. The van der Waals surface area contributed by atoms with Crippen molar-refractivity contribution in [3.05, 3.63) is 35.9 Å². The maximum Gasteiger partial charge on any atom is 0.352 e. The van der Waals surface area contributed by atoms with Gasteiger partial charge < -0.3 is 9.05 Å². The monoisotopic (exact) mass is 303 g/mol. The third-order valence-electron chi connectivity index (χ3n) is 3.12. The molecule has 0 spiro atoms. The zero-order valence-electron chi connectivity index (χ0n) is 10.9. The van der Waals surface area contributed by atoms with E-state index in [1.54, 1.807) is 0 Å². The van der Waals surface area contributed by atoms with Crippen LogP contribution in [-0.2, 0) is 13.6 Å². The summed E-state index contributed by atoms with van der Waals surface area (Å²) in [5.41, 5.74) is 0.915. The second-order valence-corrected chi connectivity index (χ2v) is 6.93. The largest absolute Gasteiger partial charge is 0.352 e. The second-order valence-electron chi connectivity index (χ2n) is 4.44. The first kappa shape index (κ1) is 15.0. The van der Waals surface area contributed by atoms with Crippen molar-refractivity contribution in [2.45, 2.75) is 25.2 Å². The summed E-state index contributed by atoms with van der Waals surface area (Å²) in [5.74, 6) is -0.123. The van der Waals surface area contributed by atoms with Gasteiger partial charge in [0, 0.05) is 11.9 Å². The molecule has 106 valence electrons. The molecule has 2 rings (SSSR count). The molecule has 1 aromatic carbocycles. The van der Waals surface area contributed by atoms with Gasteiger partial charge in [0.1, 0.15) is 5.78 Å². The molecule has 0 amide bonds. The first-order valence-corrected chi connectivity index (χ1v) is 8.60. The molecule has 0 aliphatic carbocycles. The van der Waals surface area contributed by atoms with E-state index in [1.165, 1.54) is 0 Å². The summed E-state index contributed by atoms with van der Waals surface area (Å²) in [4.78, 5) is 0. The van der Waals surface area contributed by atoms with Crippen LogP contribution in [0.2, 0.25) is 0 Å². The van der Waals surface area contributed by atoms with Crippen molar-refractivity contribution in [1.29, 1.82) is 0 Å². The van der Waals surface area contributed by atoms with Gasteiger partial charge in [-0.3, -0.25) is 9.88 Å². The third-order valence-corrected chi connectivity index (χ3v) is 5.41. The van der Waals surface area contributed by atoms with Crippen LogP contribution in [0, 0.1) is 0 Å². The van der Waals surface area contributed by atoms with Gasteiger partial charge in [0.05, 0.1) is 13.2 Å². The summed E-state index contributed by atoms with van der Waals surface area (Å²) in [5, 5.41) is 3.36. The van der Waals surface area contributed by atoms with Crippen LogP contribution in [0.4, 0.5) is 0 Å². The van der Waals surface area contributed by atoms with E-state index in [0.29, 0.717) is 12.5 Å². The SMILES string of the molecule is CC[C@@H]1CO[P@@](=O)(OCCCl)[C@H](c2ccccc2)N1. The Morgan fingerprint density at radius 1 is 1.47 bits per heavy atom. The first-order chi connectivity index (χ1) is 9.19. The minimum atomic E-state index is -3.21. The molecule has 1 aliphatic rings. The molecule has 1 N–H and O–H groups in total. The van der Waals surface area contributed by atoms with Gasteiger partial charge in [-0.25, -0.2) is 0 Å². The quantitative estimate of drug-likeness (QED) is 0.668. The minimum absolute atomic E-state index is 0.187. The van der Waals surface area contributed by atoms with Gasteiger partial charge >= 0.3 is 7.60 Å². The Hall–Kier alpha value is -0.380. The fourth-order valence-corrected chi connectivity index (χ4v) is 4.28. The minimum Gasteiger partial charge on any atom is -0.306 e. The summed E-state index contributed by atoms with van der Waals surface area (Å²) in [6, 6.07) is 9.80. The Kier molecular flexibility index (Phi) is 5.43. The van der Waals surface area contributed by atoms with Crippen LogP contribution in [0.15, 0.2) is 30.3 Å². The number of hydrogen-bond acceptors (Lipinski definition) is 4. The van der Waals surface area contributed by atoms with E-state index in [-0.39, 0.29) is 12.6 Å². The maximum absolute atomic E-state index is 12.8. The van der Waals surface area contributed by atoms with Crippen LogP contribution in [0.5, 0.6) is 0 Å². The average Bonchev–Trinajstić information content (AvgIpc) is 2.46. The Morgan fingerprint density at radius 3 is 2.84 bits per heavy atom. The number of benzene rings is 1. The van der Waals surface area contributed by atoms with E-state index < -0.39 is 13.4 Å². The van der Waals surface area contributed by atoms with Gasteiger partial charge in [0.15, 0.2) is 0 Å². The van der Waals surface area contributed by atoms with Crippen LogP contribution in [-0.4, -0.2) is 25.1 Å². The molecule has 4 nitrogen and oxygen atoms in total. The lowest BCUT2D eigenvalue weighted by Crippen LogP contribution is -2.41. The highest BCUT2D eigenvalue weighted by Gasteiger charge is 2.42. The lowest BCUT2D eigenvalue weighted by Gasteiger charge is -2.36. The third kappa shape index (κ3) is 3.59. The second kappa shape index (κ2) is 6.87. The van der Waals surface area contributed by atoms with Crippen LogP contribution in [0.1, 0.15) is 24.7 Å². The zero-order chi connectivity index (χ0) is 13.7. The molecular formula is C13H19ClNO3P. The highest BCUT2D eigenvalue weighted by atomic mass is 35.5. The molecule has 1 saturated heterocycles. The van der Waals surface area contributed by atoms with Gasteiger partial charge in [-0.2, -0.15) is 0 Å². The Balaban J connectivity index is 2.23. The maximum atomic E-state index is 12.8. The zero-order valence-corrected chi connectivity index (χ0v) is 12.6. The van der Waals surface area contributed by atoms with E-state index >= 15 is 0 Å². The topological polar surface area (TPSA) is 47.6 Å². The molecule has 3 atom stereocenters. The normalized spacial score (nSPS) is 31.3. The molecule has 0 unspecified atom stereocenters. The van der Waals surface area contributed by atoms with Crippen molar-refractivity contribution < 1.29 is 13.6 Å². The number of rotatable bonds is 5. The molecule has 0 radical (unpaired) electrons. The van der Waals surface area contributed by atoms with Crippen LogP contribution >= 0.6 is 19.2 Å². The van der Waals surface area contributed by atoms with Crippen molar-refractivity contribution in [1.82, 2.24) is 5.32 Å². The first-order valence-electron chi connectivity index (χ1n) is 6.45. The molecule has 0 saturated carbocycles. The van der Waals surface area contributed by atoms with Crippen LogP contribution in [0.25, 0.3) is 0 Å². The van der Waals surface area contributed by atoms with Gasteiger partial charge in [-0.05, 0) is 12.0 Å². The standard InChI is InChI=1S/C13H19ClNO3P/c1-2-12-10-18-19(16,17-9-8-14)13(15-12)11-6-4-3-5-7-11/h3-7,12-13,15H,2,8-10H2,1H3/t12-,13-,19+/m1/s1. The van der Waals surface area contributed by atoms with E-state index in [0.717, 1.165) is 12.0 Å². The number of hydrogen-bond donors (Lipinski definition) is 1. The highest BCUT2D eigenvalue weighted by Crippen LogP contribution is 2.61. The van der Waals surface area contributed by atoms with Crippen molar-refractivity contribution in [2.75, 3.05) is 19.1 Å². The molecule has 1 aromatic rings. The van der Waals surface area contributed by atoms with Crippen LogP contribution < -0.4 is 5.32 Å². The Morgan fingerprint density at radius 2 is 2.21 bits per heavy atom. The summed E-state index contributed by atoms with van der Waals surface area (Å²) in [6.07, 6.45) is 0.916. The molecular weight excluding hydrogens is 285 g/mol. The number of halogens is 1. The van der Waals surface area contributed by atoms with E-state index in [4.69, 9.17) is 20.6 Å². The fraction of sp³-hybridized carbons (Fsp3) is 0.538. The number of nitrogens with one attached hydrogen (secondary N) is 1. The molecule has 1 aliphatic heterocycles. The molecule has 0 aromatic heterocycles. The summed E-state index contributed by atoms with van der Waals surface area (Å²) in [7, 11) is -3.21. The lowest BCUT2D eigenvalue weighted by molar-refractivity contribution is 0.150. The molecule has 6 heteroatoms. The van der Waals surface area contributed by atoms with Crippen LogP contribution in [0.3, 0.4) is 0 Å². The van der Waals surface area contributed by atoms with Gasteiger partial charge in [-0.1, -0.05) is 37.3 Å². The smallest absolute Gasteiger partial charge is 0.306 e. The predicted molar refractivity (Wildman–Crippen MR) is 76.6 cm³/mol. The molecule has 0 bridgehead atoms. The molecule has 19 heavy (non-hydrogen) atoms.